The minimum atomic E-state index is -3.60. The van der Waals surface area contributed by atoms with Gasteiger partial charge >= 0.3 is 0 Å². The average Bonchev–Trinajstić information content (AvgIpc) is 3.41. The van der Waals surface area contributed by atoms with E-state index in [1.165, 1.54) is 25.2 Å². The number of anilines is 1. The number of aromatic nitrogens is 1. The van der Waals surface area contributed by atoms with Gasteiger partial charge in [0.25, 0.3) is 5.91 Å². The molecule has 0 saturated heterocycles. The van der Waals surface area contributed by atoms with E-state index in [0.717, 1.165) is 21.7 Å². The number of halogens is 1. The Kier molecular flexibility index (Phi) is 8.17. The molecule has 204 valence electrons. The molecule has 0 radical (unpaired) electrons. The monoisotopic (exact) mass is 550 g/mol. The molecule has 0 bridgehead atoms. The smallest absolute Gasteiger partial charge is 0.251 e. The van der Waals surface area contributed by atoms with Gasteiger partial charge in [0, 0.05) is 30.8 Å². The average molecular weight is 551 g/mol. The van der Waals surface area contributed by atoms with Crippen molar-refractivity contribution in [3.05, 3.63) is 107 Å². The van der Waals surface area contributed by atoms with Crippen LogP contribution in [-0.2, 0) is 28.4 Å². The summed E-state index contributed by atoms with van der Waals surface area (Å²) in [6, 6.07) is 22.3. The fourth-order valence-corrected chi connectivity index (χ4v) is 4.61. The third-order valence-corrected chi connectivity index (χ3v) is 7.65. The summed E-state index contributed by atoms with van der Waals surface area (Å²) in [5.74, 6) is -0.374. The van der Waals surface area contributed by atoms with Crippen LogP contribution in [0.5, 0.6) is 0 Å². The number of sulfonamides is 1. The lowest BCUT2D eigenvalue weighted by Crippen LogP contribution is -2.35. The van der Waals surface area contributed by atoms with E-state index >= 15 is 0 Å². The Hall–Kier alpha value is -4.02. The van der Waals surface area contributed by atoms with Crippen molar-refractivity contribution >= 4 is 21.6 Å². The molecule has 1 atom stereocenters. The highest BCUT2D eigenvalue weighted by Gasteiger charge is 2.27. The summed E-state index contributed by atoms with van der Waals surface area (Å²) in [6.45, 7) is 2.17. The Bertz CT molecular complexity index is 1550. The molecule has 0 saturated carbocycles. The Balaban J connectivity index is 1.60. The minimum absolute atomic E-state index is 0.245. The number of amides is 1. The Morgan fingerprint density at radius 3 is 2.41 bits per heavy atom. The molecular weight excluding hydrogens is 519 g/mol. The van der Waals surface area contributed by atoms with Gasteiger partial charge in [0.05, 0.1) is 17.5 Å². The van der Waals surface area contributed by atoms with E-state index in [9.17, 15) is 17.6 Å². The van der Waals surface area contributed by atoms with Gasteiger partial charge in [-0.25, -0.2) is 12.8 Å². The third kappa shape index (κ3) is 7.10. The van der Waals surface area contributed by atoms with Gasteiger partial charge in [0.2, 0.25) is 10.0 Å². The summed E-state index contributed by atoms with van der Waals surface area (Å²) < 4.78 is 44.4. The molecule has 3 aromatic carbocycles. The summed E-state index contributed by atoms with van der Waals surface area (Å²) >= 11 is 0. The standard InChI is InChI=1S/C29H31FN4O4S/c1-29(31,19-21-7-5-4-6-8-21)27-18-26(38-33-27)22-15-23(17-25(16-22)34(2)39(3,36)37)28(35)32-14-13-20-9-11-24(30)12-10-20/h4-12,15-18H,13-14,19,31H2,1-3H3,(H,32,35)/t29-/m1/s1. The molecule has 0 aliphatic carbocycles. The van der Waals surface area contributed by atoms with Crippen LogP contribution in [0.15, 0.2) is 83.4 Å². The summed E-state index contributed by atoms with van der Waals surface area (Å²) in [7, 11) is -2.19. The first-order chi connectivity index (χ1) is 18.4. The molecule has 4 aromatic rings. The third-order valence-electron chi connectivity index (χ3n) is 6.45. The lowest BCUT2D eigenvalue weighted by atomic mass is 9.90. The van der Waals surface area contributed by atoms with Gasteiger partial charge in [-0.15, -0.1) is 0 Å². The van der Waals surface area contributed by atoms with Crippen LogP contribution in [0.4, 0.5) is 10.1 Å². The zero-order valence-electron chi connectivity index (χ0n) is 22.0. The number of carbonyl (C=O) groups is 1. The molecular formula is C29H31FN4O4S. The van der Waals surface area contributed by atoms with Crippen LogP contribution in [0.25, 0.3) is 11.3 Å². The first kappa shape index (κ1) is 28.0. The molecule has 0 aliphatic rings. The number of nitrogens with one attached hydrogen (secondary N) is 1. The highest BCUT2D eigenvalue weighted by atomic mass is 32.2. The largest absolute Gasteiger partial charge is 0.356 e. The van der Waals surface area contributed by atoms with Crippen LogP contribution >= 0.6 is 0 Å². The molecule has 0 unspecified atom stereocenters. The van der Waals surface area contributed by atoms with Crippen molar-refractivity contribution < 1.29 is 22.1 Å². The van der Waals surface area contributed by atoms with E-state index in [2.05, 4.69) is 10.5 Å². The lowest BCUT2D eigenvalue weighted by molar-refractivity contribution is 0.0954. The summed E-state index contributed by atoms with van der Waals surface area (Å²) in [5, 5.41) is 7.02. The number of nitrogens with two attached hydrogens (primary N) is 1. The predicted octanol–water partition coefficient (Wildman–Crippen LogP) is 4.27. The highest BCUT2D eigenvalue weighted by Crippen LogP contribution is 2.31. The van der Waals surface area contributed by atoms with Crippen LogP contribution in [0.3, 0.4) is 0 Å². The van der Waals surface area contributed by atoms with Gasteiger partial charge in [-0.3, -0.25) is 9.10 Å². The molecule has 39 heavy (non-hydrogen) atoms. The van der Waals surface area contributed by atoms with E-state index in [1.54, 1.807) is 30.3 Å². The number of benzene rings is 3. The summed E-state index contributed by atoms with van der Waals surface area (Å²) in [5.41, 5.74) is 9.21. The van der Waals surface area contributed by atoms with E-state index in [1.807, 2.05) is 37.3 Å². The number of nitrogens with zero attached hydrogens (tertiary/aromatic N) is 2. The molecule has 1 aromatic heterocycles. The maximum absolute atomic E-state index is 13.2. The molecule has 8 nitrogen and oxygen atoms in total. The molecule has 0 aliphatic heterocycles. The number of carbonyl (C=O) groups excluding carboxylic acids is 1. The number of hydrogen-bond acceptors (Lipinski definition) is 6. The van der Waals surface area contributed by atoms with Crippen molar-refractivity contribution in [2.24, 2.45) is 5.73 Å². The Labute approximate surface area is 227 Å². The molecule has 1 amide bonds. The molecule has 3 N–H and O–H groups in total. The van der Waals surface area contributed by atoms with Gasteiger partial charge in [-0.2, -0.15) is 0 Å². The number of hydrogen-bond donors (Lipinski definition) is 2. The summed E-state index contributed by atoms with van der Waals surface area (Å²) in [4.78, 5) is 13.1. The SMILES string of the molecule is CN(c1cc(C(=O)NCCc2ccc(F)cc2)cc(-c2cc([C@](C)(N)Cc3ccccc3)no2)c1)S(C)(=O)=O. The topological polar surface area (TPSA) is 119 Å². The second-order valence-corrected chi connectivity index (χ2v) is 11.8. The van der Waals surface area contributed by atoms with Crippen LogP contribution in [0.2, 0.25) is 0 Å². The van der Waals surface area contributed by atoms with Crippen molar-refractivity contribution in [3.63, 3.8) is 0 Å². The molecule has 0 spiro atoms. The first-order valence-corrected chi connectivity index (χ1v) is 14.2. The minimum Gasteiger partial charge on any atom is -0.356 e. The van der Waals surface area contributed by atoms with Gasteiger partial charge in [0.15, 0.2) is 5.76 Å². The van der Waals surface area contributed by atoms with Crippen LogP contribution in [0.1, 0.15) is 34.1 Å². The van der Waals surface area contributed by atoms with Crippen molar-refractivity contribution in [2.45, 2.75) is 25.3 Å². The van der Waals surface area contributed by atoms with Crippen LogP contribution in [-0.4, -0.2) is 39.3 Å². The second-order valence-electron chi connectivity index (χ2n) is 9.79. The second kappa shape index (κ2) is 11.4. The maximum atomic E-state index is 13.2. The maximum Gasteiger partial charge on any atom is 0.251 e. The quantitative estimate of drug-likeness (QED) is 0.305. The molecule has 1 heterocycles. The van der Waals surface area contributed by atoms with Gasteiger partial charge < -0.3 is 15.6 Å². The van der Waals surface area contributed by atoms with E-state index < -0.39 is 21.5 Å². The van der Waals surface area contributed by atoms with Gasteiger partial charge in [-0.05, 0) is 61.2 Å². The van der Waals surface area contributed by atoms with Crippen molar-refractivity contribution in [2.75, 3.05) is 24.2 Å². The van der Waals surface area contributed by atoms with E-state index in [0.29, 0.717) is 36.4 Å². The number of rotatable bonds is 10. The Morgan fingerprint density at radius 2 is 1.74 bits per heavy atom. The van der Waals surface area contributed by atoms with Crippen molar-refractivity contribution in [3.8, 4) is 11.3 Å². The molecule has 4 rings (SSSR count). The Morgan fingerprint density at radius 1 is 1.05 bits per heavy atom. The lowest BCUT2D eigenvalue weighted by Gasteiger charge is -2.21. The highest BCUT2D eigenvalue weighted by molar-refractivity contribution is 7.92. The van der Waals surface area contributed by atoms with Crippen molar-refractivity contribution in [1.29, 1.82) is 0 Å². The normalized spacial score (nSPS) is 13.1. The van der Waals surface area contributed by atoms with Gasteiger partial charge in [-0.1, -0.05) is 47.6 Å². The van der Waals surface area contributed by atoms with Crippen LogP contribution < -0.4 is 15.4 Å². The first-order valence-electron chi connectivity index (χ1n) is 12.3. The molecule has 10 heteroatoms. The van der Waals surface area contributed by atoms with Gasteiger partial charge in [0.1, 0.15) is 11.5 Å². The van der Waals surface area contributed by atoms with E-state index in [4.69, 9.17) is 10.3 Å². The zero-order valence-corrected chi connectivity index (χ0v) is 22.8. The van der Waals surface area contributed by atoms with E-state index in [-0.39, 0.29) is 17.1 Å². The fourth-order valence-electron chi connectivity index (χ4n) is 4.12. The summed E-state index contributed by atoms with van der Waals surface area (Å²) in [6.07, 6.45) is 2.11. The van der Waals surface area contributed by atoms with Crippen molar-refractivity contribution in [1.82, 2.24) is 10.5 Å². The predicted molar refractivity (Wildman–Crippen MR) is 149 cm³/mol. The van der Waals surface area contributed by atoms with Crippen LogP contribution in [0, 0.1) is 5.82 Å². The molecule has 0 fully saturated rings. The fraction of sp³-hybridized carbons (Fsp3) is 0.241. The zero-order chi connectivity index (χ0) is 28.2.